The lowest BCUT2D eigenvalue weighted by atomic mass is 10.2. The van der Waals surface area contributed by atoms with E-state index in [4.69, 9.17) is 4.74 Å². The van der Waals surface area contributed by atoms with Crippen LogP contribution in [0.1, 0.15) is 23.7 Å². The summed E-state index contributed by atoms with van der Waals surface area (Å²) in [5.74, 6) is 0.496. The van der Waals surface area contributed by atoms with Gasteiger partial charge in [0.2, 0.25) is 10.0 Å². The largest absolute Gasteiger partial charge is 0.497 e. The van der Waals surface area contributed by atoms with E-state index in [1.807, 2.05) is 0 Å². The average molecular weight is 348 g/mol. The van der Waals surface area contributed by atoms with Gasteiger partial charge in [0.1, 0.15) is 5.75 Å². The van der Waals surface area contributed by atoms with Gasteiger partial charge in [0, 0.05) is 16.9 Å². The molecule has 1 amide bonds. The molecule has 2 rings (SSSR count). The van der Waals surface area contributed by atoms with Crippen LogP contribution in [-0.4, -0.2) is 27.2 Å². The summed E-state index contributed by atoms with van der Waals surface area (Å²) in [6, 6.07) is 13.3. The molecule has 2 aromatic rings. The normalized spacial score (nSPS) is 10.9. The fraction of sp³-hybridized carbons (Fsp3) is 0.235. The minimum Gasteiger partial charge on any atom is -0.497 e. The molecule has 2 aromatic carbocycles. The van der Waals surface area contributed by atoms with Crippen LogP contribution >= 0.6 is 0 Å². The summed E-state index contributed by atoms with van der Waals surface area (Å²) >= 11 is 0. The highest BCUT2D eigenvalue weighted by Crippen LogP contribution is 2.17. The van der Waals surface area contributed by atoms with E-state index in [0.717, 1.165) is 0 Å². The molecular weight excluding hydrogens is 328 g/mol. The lowest BCUT2D eigenvalue weighted by Crippen LogP contribution is -2.16. The zero-order chi connectivity index (χ0) is 17.6. The number of hydrogen-bond acceptors (Lipinski definition) is 4. The molecule has 0 saturated carbocycles. The molecule has 24 heavy (non-hydrogen) atoms. The topological polar surface area (TPSA) is 84.5 Å². The fourth-order valence-corrected chi connectivity index (χ4v) is 3.20. The number of nitrogens with one attached hydrogen (secondary N) is 2. The molecule has 7 heteroatoms. The molecule has 2 N–H and O–H groups in total. The highest BCUT2D eigenvalue weighted by atomic mass is 32.2. The van der Waals surface area contributed by atoms with Gasteiger partial charge in [-0.2, -0.15) is 0 Å². The van der Waals surface area contributed by atoms with Gasteiger partial charge in [-0.05, 0) is 55.0 Å². The molecule has 0 aliphatic heterocycles. The first-order valence-electron chi connectivity index (χ1n) is 7.49. The minimum absolute atomic E-state index is 0.0724. The van der Waals surface area contributed by atoms with E-state index in [-0.39, 0.29) is 11.7 Å². The van der Waals surface area contributed by atoms with Crippen molar-refractivity contribution in [2.24, 2.45) is 0 Å². The maximum Gasteiger partial charge on any atom is 0.255 e. The number of amides is 1. The Kier molecular flexibility index (Phi) is 5.81. The van der Waals surface area contributed by atoms with Gasteiger partial charge in [-0.15, -0.1) is 0 Å². The van der Waals surface area contributed by atoms with Crippen molar-refractivity contribution < 1.29 is 17.9 Å². The smallest absolute Gasteiger partial charge is 0.255 e. The minimum atomic E-state index is -3.32. The van der Waals surface area contributed by atoms with Crippen molar-refractivity contribution in [3.05, 3.63) is 54.1 Å². The van der Waals surface area contributed by atoms with Gasteiger partial charge in [-0.25, -0.2) is 8.42 Å². The van der Waals surface area contributed by atoms with Crippen molar-refractivity contribution in [1.29, 1.82) is 0 Å². The van der Waals surface area contributed by atoms with Crippen LogP contribution in [0, 0.1) is 0 Å². The maximum absolute atomic E-state index is 12.1. The second kappa shape index (κ2) is 7.83. The van der Waals surface area contributed by atoms with E-state index >= 15 is 0 Å². The highest BCUT2D eigenvalue weighted by Gasteiger charge is 2.09. The third-order valence-corrected chi connectivity index (χ3v) is 4.73. The predicted molar refractivity (Wildman–Crippen MR) is 95.1 cm³/mol. The van der Waals surface area contributed by atoms with E-state index in [1.165, 1.54) is 0 Å². The Bertz CT molecular complexity index is 784. The Labute approximate surface area is 141 Å². The molecule has 0 spiro atoms. The molecule has 0 radical (unpaired) electrons. The van der Waals surface area contributed by atoms with Crippen molar-refractivity contribution in [3.63, 3.8) is 0 Å². The van der Waals surface area contributed by atoms with Crippen LogP contribution in [0.15, 0.2) is 48.5 Å². The van der Waals surface area contributed by atoms with Crippen LogP contribution in [0.5, 0.6) is 5.75 Å². The molecule has 0 aromatic heterocycles. The van der Waals surface area contributed by atoms with E-state index in [1.54, 1.807) is 62.6 Å². The summed E-state index contributed by atoms with van der Waals surface area (Å²) in [7, 11) is -1.76. The van der Waals surface area contributed by atoms with Crippen LogP contribution < -0.4 is 14.8 Å². The first-order chi connectivity index (χ1) is 11.4. The van der Waals surface area contributed by atoms with Crippen LogP contribution in [-0.2, 0) is 10.0 Å². The number of methoxy groups -OCH3 is 1. The summed E-state index contributed by atoms with van der Waals surface area (Å²) in [5, 5.41) is 2.75. The van der Waals surface area contributed by atoms with Gasteiger partial charge in [-0.3, -0.25) is 9.52 Å². The van der Waals surface area contributed by atoms with Crippen LogP contribution in [0.2, 0.25) is 0 Å². The third kappa shape index (κ3) is 4.99. The molecule has 0 unspecified atom stereocenters. The molecule has 0 fully saturated rings. The number of rotatable bonds is 7. The van der Waals surface area contributed by atoms with E-state index < -0.39 is 10.0 Å². The number of carbonyl (C=O) groups is 1. The Morgan fingerprint density at radius 2 is 1.58 bits per heavy atom. The quantitative estimate of drug-likeness (QED) is 0.805. The molecule has 0 atom stereocenters. The number of anilines is 2. The van der Waals surface area contributed by atoms with Crippen LogP contribution in [0.4, 0.5) is 11.4 Å². The Morgan fingerprint density at radius 1 is 1.00 bits per heavy atom. The fourth-order valence-electron chi connectivity index (χ4n) is 2.07. The van der Waals surface area contributed by atoms with Crippen molar-refractivity contribution in [3.8, 4) is 5.75 Å². The maximum atomic E-state index is 12.1. The number of sulfonamides is 1. The Balaban J connectivity index is 2.01. The summed E-state index contributed by atoms with van der Waals surface area (Å²) in [6.45, 7) is 1.80. The number of hydrogen-bond donors (Lipinski definition) is 2. The molecule has 0 aliphatic rings. The monoisotopic (exact) mass is 348 g/mol. The Morgan fingerprint density at radius 3 is 2.12 bits per heavy atom. The number of carbonyl (C=O) groups excluding carboxylic acids is 1. The first kappa shape index (κ1) is 17.8. The second-order valence-electron chi connectivity index (χ2n) is 5.18. The van der Waals surface area contributed by atoms with E-state index in [2.05, 4.69) is 10.0 Å². The Hall–Kier alpha value is -2.54. The van der Waals surface area contributed by atoms with Crippen molar-refractivity contribution >= 4 is 27.3 Å². The molecule has 6 nitrogen and oxygen atoms in total. The first-order valence-corrected chi connectivity index (χ1v) is 9.14. The zero-order valence-electron chi connectivity index (χ0n) is 13.6. The number of ether oxygens (including phenoxy) is 1. The van der Waals surface area contributed by atoms with Gasteiger partial charge < -0.3 is 10.1 Å². The van der Waals surface area contributed by atoms with Crippen LogP contribution in [0.25, 0.3) is 0 Å². The lowest BCUT2D eigenvalue weighted by Gasteiger charge is -2.09. The SMILES string of the molecule is CCCS(=O)(=O)Nc1ccc(NC(=O)c2ccc(OC)cc2)cc1. The second-order valence-corrected chi connectivity index (χ2v) is 7.02. The average Bonchev–Trinajstić information content (AvgIpc) is 2.56. The van der Waals surface area contributed by atoms with Crippen LogP contribution in [0.3, 0.4) is 0 Å². The molecule has 128 valence electrons. The predicted octanol–water partition coefficient (Wildman–Crippen LogP) is 3.10. The van der Waals surface area contributed by atoms with Crippen molar-refractivity contribution in [2.75, 3.05) is 22.9 Å². The standard InChI is InChI=1S/C17H20N2O4S/c1-3-12-24(21,22)19-15-8-6-14(7-9-15)18-17(20)13-4-10-16(23-2)11-5-13/h4-11,19H,3,12H2,1-2H3,(H,18,20). The molecule has 0 heterocycles. The van der Waals surface area contributed by atoms with Gasteiger partial charge in [-0.1, -0.05) is 6.92 Å². The number of benzene rings is 2. The third-order valence-electron chi connectivity index (χ3n) is 3.24. The highest BCUT2D eigenvalue weighted by molar-refractivity contribution is 7.92. The summed E-state index contributed by atoms with van der Waals surface area (Å²) in [5.41, 5.74) is 1.55. The summed E-state index contributed by atoms with van der Waals surface area (Å²) < 4.78 is 31.0. The van der Waals surface area contributed by atoms with Gasteiger partial charge in [0.05, 0.1) is 12.9 Å². The molecule has 0 bridgehead atoms. The van der Waals surface area contributed by atoms with E-state index in [9.17, 15) is 13.2 Å². The van der Waals surface area contributed by atoms with Gasteiger partial charge >= 0.3 is 0 Å². The van der Waals surface area contributed by atoms with E-state index in [0.29, 0.717) is 29.1 Å². The summed E-state index contributed by atoms with van der Waals surface area (Å²) in [4.78, 5) is 12.1. The van der Waals surface area contributed by atoms with Gasteiger partial charge in [0.25, 0.3) is 5.91 Å². The molecule has 0 aliphatic carbocycles. The summed E-state index contributed by atoms with van der Waals surface area (Å²) in [6.07, 6.45) is 0.547. The van der Waals surface area contributed by atoms with Crippen molar-refractivity contribution in [1.82, 2.24) is 0 Å². The zero-order valence-corrected chi connectivity index (χ0v) is 14.4. The van der Waals surface area contributed by atoms with Gasteiger partial charge in [0.15, 0.2) is 0 Å². The van der Waals surface area contributed by atoms with Crippen molar-refractivity contribution in [2.45, 2.75) is 13.3 Å². The lowest BCUT2D eigenvalue weighted by molar-refractivity contribution is 0.102. The molecular formula is C17H20N2O4S. The molecule has 0 saturated heterocycles.